The average Bonchev–Trinajstić information content (AvgIpc) is 2.39. The quantitative estimate of drug-likeness (QED) is 0.470. The van der Waals surface area contributed by atoms with E-state index < -0.39 is 11.7 Å². The van der Waals surface area contributed by atoms with Crippen molar-refractivity contribution in [2.24, 2.45) is 0 Å². The molecule has 0 heterocycles. The summed E-state index contributed by atoms with van der Waals surface area (Å²) in [5, 5.41) is 0.219. The number of thioether (sulfide) groups is 1. The van der Waals surface area contributed by atoms with Crippen molar-refractivity contribution >= 4 is 40.7 Å². The van der Waals surface area contributed by atoms with Gasteiger partial charge in [-0.15, -0.1) is 11.8 Å². The van der Waals surface area contributed by atoms with Crippen molar-refractivity contribution in [1.82, 2.24) is 0 Å². The Balaban J connectivity index is 2.55. The predicted molar refractivity (Wildman–Crippen MR) is 92.3 cm³/mol. The lowest BCUT2D eigenvalue weighted by Crippen LogP contribution is -2.05. The van der Waals surface area contributed by atoms with E-state index in [4.69, 9.17) is 28.9 Å². The minimum absolute atomic E-state index is 0.0462. The number of nitrogens with two attached hydrogens (primary N) is 1. The second kappa shape index (κ2) is 6.83. The van der Waals surface area contributed by atoms with E-state index in [-0.39, 0.29) is 10.0 Å². The fourth-order valence-corrected chi connectivity index (χ4v) is 3.67. The molecular weight excluding hydrogens is 366 g/mol. The van der Waals surface area contributed by atoms with Gasteiger partial charge in [-0.1, -0.05) is 43.1 Å². The average molecular weight is 380 g/mol. The summed E-state index contributed by atoms with van der Waals surface area (Å²) in [6, 6.07) is 6.95. The lowest BCUT2D eigenvalue weighted by molar-refractivity contribution is -0.137. The number of alkyl halides is 3. The van der Waals surface area contributed by atoms with E-state index in [9.17, 15) is 13.2 Å². The van der Waals surface area contributed by atoms with Crippen LogP contribution in [0.25, 0.3) is 11.1 Å². The summed E-state index contributed by atoms with van der Waals surface area (Å²) in [5.74, 6) is 0. The maximum atomic E-state index is 12.8. The zero-order chi connectivity index (χ0) is 17.4. The van der Waals surface area contributed by atoms with E-state index in [1.165, 1.54) is 0 Å². The van der Waals surface area contributed by atoms with E-state index in [0.29, 0.717) is 22.1 Å². The van der Waals surface area contributed by atoms with Gasteiger partial charge in [-0.3, -0.25) is 0 Å². The summed E-state index contributed by atoms with van der Waals surface area (Å²) in [4.78, 5) is 0.838. The Bertz CT molecular complexity index is 707. The van der Waals surface area contributed by atoms with Gasteiger partial charge in [0.25, 0.3) is 0 Å². The highest BCUT2D eigenvalue weighted by Gasteiger charge is 2.32. The highest BCUT2D eigenvalue weighted by Crippen LogP contribution is 2.42. The molecule has 7 heteroatoms. The molecule has 2 aromatic rings. The van der Waals surface area contributed by atoms with Gasteiger partial charge in [0.05, 0.1) is 15.6 Å². The molecule has 0 atom stereocenters. The molecule has 0 saturated heterocycles. The van der Waals surface area contributed by atoms with Crippen molar-refractivity contribution in [1.29, 1.82) is 0 Å². The van der Waals surface area contributed by atoms with Gasteiger partial charge in [-0.05, 0) is 29.8 Å². The molecule has 0 aliphatic carbocycles. The van der Waals surface area contributed by atoms with Gasteiger partial charge in [0.2, 0.25) is 0 Å². The van der Waals surface area contributed by atoms with Crippen LogP contribution in [0.15, 0.2) is 35.2 Å². The monoisotopic (exact) mass is 379 g/mol. The third-order valence-corrected chi connectivity index (χ3v) is 4.71. The molecule has 1 nitrogen and oxygen atoms in total. The van der Waals surface area contributed by atoms with Gasteiger partial charge >= 0.3 is 6.18 Å². The Kier molecular flexibility index (Phi) is 5.44. The SMILES string of the molecule is CC(C)Sc1cc(-c2c(Cl)cc(C(F)(F)F)cc2Cl)ccc1N. The van der Waals surface area contributed by atoms with Crippen molar-refractivity contribution in [2.45, 2.75) is 30.2 Å². The number of anilines is 1. The highest BCUT2D eigenvalue weighted by atomic mass is 35.5. The molecule has 0 spiro atoms. The van der Waals surface area contributed by atoms with Crippen molar-refractivity contribution in [3.63, 3.8) is 0 Å². The maximum Gasteiger partial charge on any atom is 0.416 e. The summed E-state index contributed by atoms with van der Waals surface area (Å²) in [6.07, 6.45) is -4.49. The Labute approximate surface area is 147 Å². The molecule has 23 heavy (non-hydrogen) atoms. The Morgan fingerprint density at radius 1 is 1.04 bits per heavy atom. The normalized spacial score (nSPS) is 12.0. The molecule has 0 bridgehead atoms. The largest absolute Gasteiger partial charge is 0.416 e. The van der Waals surface area contributed by atoms with E-state index >= 15 is 0 Å². The van der Waals surface area contributed by atoms with Gasteiger partial charge < -0.3 is 5.73 Å². The van der Waals surface area contributed by atoms with E-state index in [1.54, 1.807) is 30.0 Å². The minimum atomic E-state index is -4.49. The molecule has 0 saturated carbocycles. The van der Waals surface area contributed by atoms with Gasteiger partial charge in [0, 0.05) is 21.4 Å². The molecule has 0 unspecified atom stereocenters. The Morgan fingerprint density at radius 3 is 2.09 bits per heavy atom. The van der Waals surface area contributed by atoms with Gasteiger partial charge in [-0.2, -0.15) is 13.2 Å². The van der Waals surface area contributed by atoms with Crippen LogP contribution in [0.2, 0.25) is 10.0 Å². The summed E-state index contributed by atoms with van der Waals surface area (Å²) < 4.78 is 38.4. The number of hydrogen-bond donors (Lipinski definition) is 1. The van der Waals surface area contributed by atoms with E-state index in [2.05, 4.69) is 0 Å². The standard InChI is InChI=1S/C16H14Cl2F3NS/c1-8(2)23-14-5-9(3-4-13(14)22)15-11(17)6-10(7-12(15)18)16(19,20)21/h3-8H,22H2,1-2H3. The highest BCUT2D eigenvalue weighted by molar-refractivity contribution is 8.00. The molecular formula is C16H14Cl2F3NS. The van der Waals surface area contributed by atoms with Crippen molar-refractivity contribution in [3.8, 4) is 11.1 Å². The lowest BCUT2D eigenvalue weighted by Gasteiger charge is -2.15. The molecule has 0 aromatic heterocycles. The van der Waals surface area contributed by atoms with Gasteiger partial charge in [0.1, 0.15) is 0 Å². The van der Waals surface area contributed by atoms with Crippen LogP contribution in [0.3, 0.4) is 0 Å². The minimum Gasteiger partial charge on any atom is -0.398 e. The molecule has 2 rings (SSSR count). The van der Waals surface area contributed by atoms with Crippen LogP contribution in [0.1, 0.15) is 19.4 Å². The summed E-state index contributed by atoms with van der Waals surface area (Å²) in [6.45, 7) is 4.05. The fraction of sp³-hybridized carbons (Fsp3) is 0.250. The number of benzene rings is 2. The Morgan fingerprint density at radius 2 is 1.61 bits per heavy atom. The molecule has 2 N–H and O–H groups in total. The first kappa shape index (κ1) is 18.3. The predicted octanol–water partition coefficient (Wildman–Crippen LogP) is 6.76. The van der Waals surface area contributed by atoms with Crippen LogP contribution < -0.4 is 5.73 Å². The maximum absolute atomic E-state index is 12.8. The molecule has 0 fully saturated rings. The van der Waals surface area contributed by atoms with Crippen LogP contribution in [0.4, 0.5) is 18.9 Å². The first-order valence-electron chi connectivity index (χ1n) is 6.72. The molecule has 2 aromatic carbocycles. The van der Waals surface area contributed by atoms with Crippen LogP contribution in [0, 0.1) is 0 Å². The number of hydrogen-bond acceptors (Lipinski definition) is 2. The van der Waals surface area contributed by atoms with Crippen LogP contribution in [0.5, 0.6) is 0 Å². The van der Waals surface area contributed by atoms with Crippen molar-refractivity contribution in [3.05, 3.63) is 45.9 Å². The van der Waals surface area contributed by atoms with Gasteiger partial charge in [0.15, 0.2) is 0 Å². The van der Waals surface area contributed by atoms with Gasteiger partial charge in [-0.25, -0.2) is 0 Å². The second-order valence-electron chi connectivity index (χ2n) is 5.23. The number of halogens is 5. The zero-order valence-electron chi connectivity index (χ0n) is 12.3. The summed E-state index contributed by atoms with van der Waals surface area (Å²) >= 11 is 13.7. The third-order valence-electron chi connectivity index (χ3n) is 3.03. The molecule has 124 valence electrons. The first-order valence-corrected chi connectivity index (χ1v) is 8.36. The van der Waals surface area contributed by atoms with Crippen molar-refractivity contribution in [2.75, 3.05) is 5.73 Å². The summed E-state index contributed by atoms with van der Waals surface area (Å²) in [5.41, 5.74) is 6.67. The molecule has 0 aliphatic heterocycles. The van der Waals surface area contributed by atoms with Crippen LogP contribution >= 0.6 is 35.0 Å². The smallest absolute Gasteiger partial charge is 0.398 e. The van der Waals surface area contributed by atoms with E-state index in [1.807, 2.05) is 13.8 Å². The molecule has 0 radical (unpaired) electrons. The third kappa shape index (κ3) is 4.28. The lowest BCUT2D eigenvalue weighted by atomic mass is 10.0. The second-order valence-corrected chi connectivity index (χ2v) is 7.66. The fourth-order valence-electron chi connectivity index (χ4n) is 2.06. The molecule has 0 aliphatic rings. The first-order chi connectivity index (χ1) is 10.6. The number of nitrogen functional groups attached to an aromatic ring is 1. The van der Waals surface area contributed by atoms with Crippen LogP contribution in [-0.4, -0.2) is 5.25 Å². The topological polar surface area (TPSA) is 26.0 Å². The molecule has 0 amide bonds. The van der Waals surface area contributed by atoms with Crippen LogP contribution in [-0.2, 0) is 6.18 Å². The van der Waals surface area contributed by atoms with Crippen molar-refractivity contribution < 1.29 is 13.2 Å². The Hall–Kier alpha value is -1.04. The zero-order valence-corrected chi connectivity index (χ0v) is 14.7. The summed E-state index contributed by atoms with van der Waals surface area (Å²) in [7, 11) is 0. The van der Waals surface area contributed by atoms with E-state index in [0.717, 1.165) is 17.0 Å². The number of rotatable bonds is 3.